The number of aryl methyl sites for hydroxylation is 2. The second-order valence-electron chi connectivity index (χ2n) is 6.70. The summed E-state index contributed by atoms with van der Waals surface area (Å²) in [4.78, 5) is 14.8. The first-order chi connectivity index (χ1) is 12.7. The Morgan fingerprint density at radius 3 is 2.77 bits per heavy atom. The van der Waals surface area contributed by atoms with Crippen molar-refractivity contribution < 1.29 is 14.3 Å². The molecule has 1 aliphatic heterocycles. The van der Waals surface area contributed by atoms with Gasteiger partial charge in [0.1, 0.15) is 5.75 Å². The van der Waals surface area contributed by atoms with E-state index in [2.05, 4.69) is 5.10 Å². The van der Waals surface area contributed by atoms with Gasteiger partial charge in [0.2, 0.25) is 5.91 Å². The molecule has 0 radical (unpaired) electrons. The lowest BCUT2D eigenvalue weighted by molar-refractivity contribution is -0.133. The zero-order chi connectivity index (χ0) is 18.4. The maximum absolute atomic E-state index is 12.9. The van der Waals surface area contributed by atoms with Gasteiger partial charge in [0.25, 0.3) is 0 Å². The van der Waals surface area contributed by atoms with Crippen molar-refractivity contribution in [3.8, 4) is 5.75 Å². The molecular formula is C20H27N3O3. The van der Waals surface area contributed by atoms with Gasteiger partial charge in [-0.3, -0.25) is 9.48 Å². The van der Waals surface area contributed by atoms with Crippen LogP contribution < -0.4 is 4.74 Å². The number of hydrogen-bond acceptors (Lipinski definition) is 4. The fraction of sp³-hybridized carbons (Fsp3) is 0.500. The van der Waals surface area contributed by atoms with E-state index in [1.807, 2.05) is 47.0 Å². The van der Waals surface area contributed by atoms with Crippen LogP contribution in [0.3, 0.4) is 0 Å². The summed E-state index contributed by atoms with van der Waals surface area (Å²) in [6, 6.07) is 9.84. The number of amides is 1. The monoisotopic (exact) mass is 357 g/mol. The van der Waals surface area contributed by atoms with E-state index in [9.17, 15) is 4.79 Å². The highest BCUT2D eigenvalue weighted by Crippen LogP contribution is 2.18. The van der Waals surface area contributed by atoms with Crippen molar-refractivity contribution in [1.82, 2.24) is 14.7 Å². The summed E-state index contributed by atoms with van der Waals surface area (Å²) in [5, 5.41) is 4.17. The highest BCUT2D eigenvalue weighted by molar-refractivity contribution is 5.76. The predicted octanol–water partition coefficient (Wildman–Crippen LogP) is 2.57. The average molecular weight is 357 g/mol. The first-order valence-electron chi connectivity index (χ1n) is 9.15. The maximum Gasteiger partial charge on any atom is 0.223 e. The van der Waals surface area contributed by atoms with E-state index in [1.54, 1.807) is 13.3 Å². The Morgan fingerprint density at radius 1 is 1.35 bits per heavy atom. The lowest BCUT2D eigenvalue weighted by Gasteiger charge is -2.26. The van der Waals surface area contributed by atoms with Gasteiger partial charge < -0.3 is 14.4 Å². The number of rotatable bonds is 8. The van der Waals surface area contributed by atoms with Gasteiger partial charge in [-0.1, -0.05) is 12.1 Å². The number of nitrogens with zero attached hydrogens (tertiary/aromatic N) is 3. The number of carbonyl (C=O) groups excluding carboxylic acids is 1. The van der Waals surface area contributed by atoms with Crippen molar-refractivity contribution in [2.75, 3.05) is 20.3 Å². The topological polar surface area (TPSA) is 56.6 Å². The van der Waals surface area contributed by atoms with Gasteiger partial charge in [-0.2, -0.15) is 5.10 Å². The summed E-state index contributed by atoms with van der Waals surface area (Å²) >= 11 is 0. The second kappa shape index (κ2) is 8.85. The van der Waals surface area contributed by atoms with E-state index in [-0.39, 0.29) is 12.0 Å². The van der Waals surface area contributed by atoms with Crippen molar-refractivity contribution in [3.05, 3.63) is 47.8 Å². The largest absolute Gasteiger partial charge is 0.497 e. The van der Waals surface area contributed by atoms with Gasteiger partial charge in [-0.05, 0) is 43.0 Å². The fourth-order valence-electron chi connectivity index (χ4n) is 3.28. The Bertz CT molecular complexity index is 705. The summed E-state index contributed by atoms with van der Waals surface area (Å²) in [5.74, 6) is 0.972. The molecule has 1 fully saturated rings. The smallest absolute Gasteiger partial charge is 0.223 e. The first-order valence-corrected chi connectivity index (χ1v) is 9.15. The van der Waals surface area contributed by atoms with Gasteiger partial charge in [0.05, 0.1) is 13.2 Å². The maximum atomic E-state index is 12.9. The first kappa shape index (κ1) is 18.5. The molecule has 3 rings (SSSR count). The van der Waals surface area contributed by atoms with Crippen molar-refractivity contribution in [3.63, 3.8) is 0 Å². The molecule has 1 aromatic carbocycles. The van der Waals surface area contributed by atoms with E-state index in [0.717, 1.165) is 36.5 Å². The molecule has 0 bridgehead atoms. The molecule has 6 heteroatoms. The van der Waals surface area contributed by atoms with Gasteiger partial charge >= 0.3 is 0 Å². The summed E-state index contributed by atoms with van der Waals surface area (Å²) in [6.45, 7) is 2.04. The van der Waals surface area contributed by atoms with Crippen LogP contribution in [-0.4, -0.2) is 47.0 Å². The van der Waals surface area contributed by atoms with E-state index in [0.29, 0.717) is 25.9 Å². The van der Waals surface area contributed by atoms with Crippen LogP contribution >= 0.6 is 0 Å². The van der Waals surface area contributed by atoms with Crippen molar-refractivity contribution in [2.45, 2.75) is 38.3 Å². The zero-order valence-corrected chi connectivity index (χ0v) is 15.6. The molecule has 0 N–H and O–H groups in total. The quantitative estimate of drug-likeness (QED) is 0.729. The molecule has 1 aromatic heterocycles. The Morgan fingerprint density at radius 2 is 2.15 bits per heavy atom. The molecule has 0 aliphatic carbocycles. The van der Waals surface area contributed by atoms with Crippen molar-refractivity contribution >= 4 is 5.91 Å². The van der Waals surface area contributed by atoms with E-state index in [4.69, 9.17) is 9.47 Å². The zero-order valence-electron chi connectivity index (χ0n) is 15.6. The summed E-state index contributed by atoms with van der Waals surface area (Å²) < 4.78 is 12.8. The molecule has 1 amide bonds. The van der Waals surface area contributed by atoms with Crippen LogP contribution in [0.4, 0.5) is 0 Å². The summed E-state index contributed by atoms with van der Waals surface area (Å²) in [7, 11) is 3.56. The number of hydrogen-bond donors (Lipinski definition) is 0. The highest BCUT2D eigenvalue weighted by atomic mass is 16.5. The molecule has 2 heterocycles. The highest BCUT2D eigenvalue weighted by Gasteiger charge is 2.23. The molecule has 140 valence electrons. The normalized spacial score (nSPS) is 16.6. The SMILES string of the molecule is COc1ccc(CN(C[C@@H]2CCCO2)C(=O)CCc2ccnn2C)cc1. The third kappa shape index (κ3) is 4.85. The van der Waals surface area contributed by atoms with E-state index >= 15 is 0 Å². The van der Waals surface area contributed by atoms with Crippen LogP contribution in [0.25, 0.3) is 0 Å². The van der Waals surface area contributed by atoms with E-state index in [1.165, 1.54) is 0 Å². The third-order valence-corrected chi connectivity index (χ3v) is 4.85. The minimum atomic E-state index is 0.147. The molecule has 1 atom stereocenters. The second-order valence-corrected chi connectivity index (χ2v) is 6.70. The molecule has 0 saturated carbocycles. The minimum absolute atomic E-state index is 0.147. The van der Waals surface area contributed by atoms with Crippen LogP contribution in [0.2, 0.25) is 0 Å². The van der Waals surface area contributed by atoms with Crippen LogP contribution in [0.15, 0.2) is 36.5 Å². The molecule has 1 aliphatic rings. The van der Waals surface area contributed by atoms with E-state index < -0.39 is 0 Å². The lowest BCUT2D eigenvalue weighted by Crippen LogP contribution is -2.37. The molecule has 0 spiro atoms. The number of carbonyl (C=O) groups is 1. The Balaban J connectivity index is 1.64. The molecule has 26 heavy (non-hydrogen) atoms. The number of aromatic nitrogens is 2. The van der Waals surface area contributed by atoms with Gasteiger partial charge in [-0.25, -0.2) is 0 Å². The van der Waals surface area contributed by atoms with Crippen LogP contribution in [0.1, 0.15) is 30.5 Å². The molecular weight excluding hydrogens is 330 g/mol. The Labute approximate surface area is 154 Å². The molecule has 2 aromatic rings. The minimum Gasteiger partial charge on any atom is -0.497 e. The number of methoxy groups -OCH3 is 1. The number of benzene rings is 1. The molecule has 1 saturated heterocycles. The van der Waals surface area contributed by atoms with Crippen LogP contribution in [0.5, 0.6) is 5.75 Å². The van der Waals surface area contributed by atoms with Crippen molar-refractivity contribution in [2.24, 2.45) is 7.05 Å². The number of ether oxygens (including phenoxy) is 2. The Kier molecular flexibility index (Phi) is 6.28. The predicted molar refractivity (Wildman–Crippen MR) is 98.9 cm³/mol. The summed E-state index contributed by atoms with van der Waals surface area (Å²) in [6.07, 6.45) is 5.18. The van der Waals surface area contributed by atoms with Crippen LogP contribution in [-0.2, 0) is 29.5 Å². The van der Waals surface area contributed by atoms with Gasteiger partial charge in [0, 0.05) is 45.1 Å². The van der Waals surface area contributed by atoms with Gasteiger partial charge in [0.15, 0.2) is 0 Å². The molecule has 6 nitrogen and oxygen atoms in total. The Hall–Kier alpha value is -2.34. The average Bonchev–Trinajstić information content (AvgIpc) is 3.31. The third-order valence-electron chi connectivity index (χ3n) is 4.85. The molecule has 0 unspecified atom stereocenters. The standard InChI is InChI=1S/C20H27N3O3/c1-22-17(11-12-21-22)7-10-20(24)23(15-19-4-3-13-26-19)14-16-5-8-18(25-2)9-6-16/h5-6,8-9,11-12,19H,3-4,7,10,13-15H2,1-2H3/t19-/m0/s1. The summed E-state index contributed by atoms with van der Waals surface area (Å²) in [5.41, 5.74) is 2.16. The lowest BCUT2D eigenvalue weighted by atomic mass is 10.1. The van der Waals surface area contributed by atoms with Crippen molar-refractivity contribution in [1.29, 1.82) is 0 Å². The van der Waals surface area contributed by atoms with Gasteiger partial charge in [-0.15, -0.1) is 0 Å². The fourth-order valence-corrected chi connectivity index (χ4v) is 3.28. The van der Waals surface area contributed by atoms with Crippen LogP contribution in [0, 0.1) is 0 Å².